The number of carbonyl (C=O) groups excluding carboxylic acids is 2. The number of ether oxygens (including phenoxy) is 1. The van der Waals surface area contributed by atoms with E-state index in [2.05, 4.69) is 17.9 Å². The highest BCUT2D eigenvalue weighted by atomic mass is 35.5. The molecule has 0 fully saturated rings. The van der Waals surface area contributed by atoms with Crippen LogP contribution in [0.25, 0.3) is 17.4 Å². The van der Waals surface area contributed by atoms with Crippen LogP contribution in [-0.4, -0.2) is 22.8 Å². The Kier molecular flexibility index (Phi) is 7.65. The van der Waals surface area contributed by atoms with Crippen LogP contribution in [-0.2, 0) is 9.53 Å². The minimum absolute atomic E-state index is 0.0940. The summed E-state index contributed by atoms with van der Waals surface area (Å²) < 4.78 is 11.0. The number of furan rings is 1. The van der Waals surface area contributed by atoms with Crippen molar-refractivity contribution in [2.24, 2.45) is 0 Å². The summed E-state index contributed by atoms with van der Waals surface area (Å²) in [6.45, 7) is 3.87. The number of esters is 1. The van der Waals surface area contributed by atoms with E-state index in [1.54, 1.807) is 43.3 Å². The summed E-state index contributed by atoms with van der Waals surface area (Å²) in [7, 11) is 0. The molecule has 0 atom stereocenters. The first-order valence-electron chi connectivity index (χ1n) is 8.11. The molecule has 0 aliphatic carbocycles. The third kappa shape index (κ3) is 5.95. The van der Waals surface area contributed by atoms with Crippen LogP contribution in [0, 0.1) is 0 Å². The minimum Gasteiger partial charge on any atom is -0.462 e. The molecule has 2 rings (SSSR count). The molecule has 1 amide bonds. The molecule has 142 valence electrons. The molecule has 1 N–H and O–H groups in total. The number of rotatable bonds is 6. The fourth-order valence-corrected chi connectivity index (χ4v) is 2.56. The number of carbonyl (C=O) groups is 2. The van der Waals surface area contributed by atoms with Crippen molar-refractivity contribution in [3.63, 3.8) is 0 Å². The number of thiocarbonyl (C=S) groups is 1. The smallest absolute Gasteiger partial charge is 0.339 e. The number of nitrogens with one attached hydrogen (secondary N) is 1. The van der Waals surface area contributed by atoms with Gasteiger partial charge in [-0.2, -0.15) is 0 Å². The summed E-state index contributed by atoms with van der Waals surface area (Å²) in [5, 5.41) is 2.73. The van der Waals surface area contributed by atoms with E-state index in [4.69, 9.17) is 33.0 Å². The second kappa shape index (κ2) is 9.73. The lowest BCUT2D eigenvalue weighted by molar-refractivity contribution is -0.115. The lowest BCUT2D eigenvalue weighted by Crippen LogP contribution is -2.25. The normalized spacial score (nSPS) is 11.2. The fourth-order valence-electron chi connectivity index (χ4n) is 2.17. The lowest BCUT2D eigenvalue weighted by Gasteiger charge is -2.06. The molecule has 27 heavy (non-hydrogen) atoms. The minimum atomic E-state index is -0.481. The molecule has 0 saturated heterocycles. The molecule has 0 aliphatic rings. The van der Waals surface area contributed by atoms with Crippen LogP contribution < -0.4 is 5.32 Å². The summed E-state index contributed by atoms with van der Waals surface area (Å²) in [6, 6.07) is 8.43. The molecule has 0 unspecified atom stereocenters. The first kappa shape index (κ1) is 21.2. The zero-order valence-electron chi connectivity index (χ0n) is 14.7. The second-order valence-electron chi connectivity index (χ2n) is 5.62. The van der Waals surface area contributed by atoms with Gasteiger partial charge in [0.05, 0.1) is 17.2 Å². The van der Waals surface area contributed by atoms with Crippen molar-refractivity contribution in [3.8, 4) is 11.3 Å². The van der Waals surface area contributed by atoms with Gasteiger partial charge in [-0.05, 0) is 49.8 Å². The number of hydrogen-bond donors (Lipinski definition) is 2. The summed E-state index contributed by atoms with van der Waals surface area (Å²) in [4.78, 5) is 24.0. The predicted octanol–water partition coefficient (Wildman–Crippen LogP) is 4.90. The highest BCUT2D eigenvalue weighted by Crippen LogP contribution is 2.28. The van der Waals surface area contributed by atoms with Crippen molar-refractivity contribution < 1.29 is 18.7 Å². The van der Waals surface area contributed by atoms with E-state index in [9.17, 15) is 9.59 Å². The van der Waals surface area contributed by atoms with Crippen molar-refractivity contribution in [2.45, 2.75) is 20.3 Å². The fraction of sp³-hybridized carbons (Fsp3) is 0.211. The standard InChI is InChI=1S/C19H18ClNO4S2/c1-3-8-24-18(23)14-10-12(4-6-15(14)20)16-7-5-13(25-16)9-11(2)17(22)21-19(26)27/h4-7,9-10H,3,8H2,1-2H3,(H2,21,22,26,27)/b11-9+. The van der Waals surface area contributed by atoms with E-state index < -0.39 is 5.97 Å². The highest BCUT2D eigenvalue weighted by Gasteiger charge is 2.15. The Morgan fingerprint density at radius 2 is 2.07 bits per heavy atom. The average molecular weight is 424 g/mol. The van der Waals surface area contributed by atoms with E-state index >= 15 is 0 Å². The zero-order valence-corrected chi connectivity index (χ0v) is 17.2. The molecule has 1 aromatic carbocycles. The Labute approximate surface area is 173 Å². The molecule has 1 heterocycles. The predicted molar refractivity (Wildman–Crippen MR) is 113 cm³/mol. The van der Waals surface area contributed by atoms with Gasteiger partial charge in [0.25, 0.3) is 5.91 Å². The Hall–Kier alpha value is -2.09. The van der Waals surface area contributed by atoms with Crippen LogP contribution >= 0.6 is 36.4 Å². The largest absolute Gasteiger partial charge is 0.462 e. The van der Waals surface area contributed by atoms with Crippen molar-refractivity contribution in [1.29, 1.82) is 0 Å². The van der Waals surface area contributed by atoms with Crippen LogP contribution in [0.2, 0.25) is 5.02 Å². The molecule has 0 radical (unpaired) electrons. The van der Waals surface area contributed by atoms with Gasteiger partial charge in [-0.25, -0.2) is 4.79 Å². The van der Waals surface area contributed by atoms with Gasteiger partial charge in [0.2, 0.25) is 0 Å². The topological polar surface area (TPSA) is 68.5 Å². The van der Waals surface area contributed by atoms with Gasteiger partial charge in [0.1, 0.15) is 15.8 Å². The molecule has 0 saturated carbocycles. The van der Waals surface area contributed by atoms with Gasteiger partial charge in [0.15, 0.2) is 0 Å². The summed E-state index contributed by atoms with van der Waals surface area (Å²) in [6.07, 6.45) is 2.30. The van der Waals surface area contributed by atoms with Crippen molar-refractivity contribution in [3.05, 3.63) is 52.3 Å². The number of benzene rings is 1. The summed E-state index contributed by atoms with van der Waals surface area (Å²) >= 11 is 14.7. The maximum absolute atomic E-state index is 12.1. The molecule has 1 aromatic heterocycles. The number of amides is 1. The Morgan fingerprint density at radius 1 is 1.33 bits per heavy atom. The first-order valence-corrected chi connectivity index (χ1v) is 9.34. The van der Waals surface area contributed by atoms with Gasteiger partial charge in [-0.3, -0.25) is 4.79 Å². The quantitative estimate of drug-likeness (QED) is 0.299. The maximum Gasteiger partial charge on any atom is 0.339 e. The number of hydrogen-bond acceptors (Lipinski definition) is 5. The zero-order chi connectivity index (χ0) is 20.0. The van der Waals surface area contributed by atoms with Gasteiger partial charge >= 0.3 is 5.97 Å². The third-order valence-electron chi connectivity index (χ3n) is 3.47. The van der Waals surface area contributed by atoms with E-state index in [0.717, 1.165) is 6.42 Å². The van der Waals surface area contributed by atoms with E-state index in [1.807, 2.05) is 6.92 Å². The Balaban J connectivity index is 2.24. The van der Waals surface area contributed by atoms with Crippen LogP contribution in [0.5, 0.6) is 0 Å². The second-order valence-corrected chi connectivity index (χ2v) is 7.18. The molecule has 0 aliphatic heterocycles. The van der Waals surface area contributed by atoms with Crippen molar-refractivity contribution >= 4 is 58.7 Å². The van der Waals surface area contributed by atoms with E-state index in [0.29, 0.717) is 34.3 Å². The lowest BCUT2D eigenvalue weighted by atomic mass is 10.1. The van der Waals surface area contributed by atoms with Crippen molar-refractivity contribution in [2.75, 3.05) is 6.61 Å². The van der Waals surface area contributed by atoms with Gasteiger partial charge < -0.3 is 14.5 Å². The molecule has 5 nitrogen and oxygen atoms in total. The van der Waals surface area contributed by atoms with Gasteiger partial charge in [-0.15, -0.1) is 12.6 Å². The highest BCUT2D eigenvalue weighted by molar-refractivity contribution is 8.11. The van der Waals surface area contributed by atoms with Crippen LogP contribution in [0.1, 0.15) is 36.4 Å². The monoisotopic (exact) mass is 423 g/mol. The molecule has 0 bridgehead atoms. The van der Waals surface area contributed by atoms with E-state index in [-0.39, 0.29) is 15.8 Å². The van der Waals surface area contributed by atoms with E-state index in [1.165, 1.54) is 0 Å². The number of halogens is 1. The average Bonchev–Trinajstić information content (AvgIpc) is 3.07. The summed E-state index contributed by atoms with van der Waals surface area (Å²) in [5.41, 5.74) is 1.35. The van der Waals surface area contributed by atoms with Crippen LogP contribution in [0.15, 0.2) is 40.3 Å². The Morgan fingerprint density at radius 3 is 2.74 bits per heavy atom. The molecular weight excluding hydrogens is 406 g/mol. The maximum atomic E-state index is 12.1. The molecule has 0 spiro atoms. The van der Waals surface area contributed by atoms with Crippen LogP contribution in [0.4, 0.5) is 0 Å². The van der Waals surface area contributed by atoms with Gasteiger partial charge in [-0.1, -0.05) is 30.7 Å². The van der Waals surface area contributed by atoms with Gasteiger partial charge in [0, 0.05) is 11.1 Å². The number of thiol groups is 1. The molecular formula is C19H18ClNO4S2. The molecule has 2 aromatic rings. The third-order valence-corrected chi connectivity index (χ3v) is 4.02. The first-order chi connectivity index (χ1) is 12.8. The SMILES string of the molecule is CCCOC(=O)c1cc(-c2ccc(/C=C(\C)C(=O)NC(=S)S)o2)ccc1Cl. The summed E-state index contributed by atoms with van der Waals surface area (Å²) in [5.74, 6) is 0.166. The molecule has 8 heteroatoms. The van der Waals surface area contributed by atoms with Crippen LogP contribution in [0.3, 0.4) is 0 Å². The Bertz CT molecular complexity index is 905. The van der Waals surface area contributed by atoms with Crippen molar-refractivity contribution in [1.82, 2.24) is 5.32 Å².